The Balaban J connectivity index is 2.16. The van der Waals surface area contributed by atoms with Crippen molar-refractivity contribution in [1.82, 2.24) is 0 Å². The lowest BCUT2D eigenvalue weighted by atomic mass is 9.86. The maximum absolute atomic E-state index is 12.7. The first-order valence-electron chi connectivity index (χ1n) is 9.44. The molecule has 0 aliphatic carbocycles. The van der Waals surface area contributed by atoms with Crippen molar-refractivity contribution in [3.63, 3.8) is 0 Å². The van der Waals surface area contributed by atoms with Gasteiger partial charge in [-0.05, 0) is 37.0 Å². The van der Waals surface area contributed by atoms with E-state index in [-0.39, 0.29) is 21.8 Å². The SMILES string of the molecule is CCOc1c(Cl)cc(C(=O)O[C@H](C)C(=O)c2ccc(C(C)(C)C)cc2)cc1OC. The molecule has 0 saturated carbocycles. The van der Waals surface area contributed by atoms with E-state index in [2.05, 4.69) is 20.8 Å². The molecular formula is C23H27ClO5. The van der Waals surface area contributed by atoms with Crippen molar-refractivity contribution in [3.05, 3.63) is 58.1 Å². The van der Waals surface area contributed by atoms with Crippen LogP contribution in [0.4, 0.5) is 0 Å². The van der Waals surface area contributed by atoms with E-state index in [0.29, 0.717) is 23.7 Å². The van der Waals surface area contributed by atoms with Crippen LogP contribution in [0.25, 0.3) is 0 Å². The number of halogens is 1. The minimum absolute atomic E-state index is 0.00830. The van der Waals surface area contributed by atoms with Gasteiger partial charge in [0.2, 0.25) is 5.78 Å². The molecule has 2 aromatic carbocycles. The van der Waals surface area contributed by atoms with E-state index in [4.69, 9.17) is 25.8 Å². The number of hydrogen-bond donors (Lipinski definition) is 0. The highest BCUT2D eigenvalue weighted by Gasteiger charge is 2.23. The van der Waals surface area contributed by atoms with Crippen molar-refractivity contribution >= 4 is 23.4 Å². The number of Topliss-reactive ketones (excluding diaryl/α,β-unsaturated/α-hetero) is 1. The smallest absolute Gasteiger partial charge is 0.339 e. The monoisotopic (exact) mass is 418 g/mol. The standard InChI is InChI=1S/C23H27ClO5/c1-7-28-21-18(24)12-16(13-19(21)27-6)22(26)29-14(2)20(25)15-8-10-17(11-9-15)23(3,4)5/h8-14H,7H2,1-6H3/t14-/m1/s1. The summed E-state index contributed by atoms with van der Waals surface area (Å²) in [7, 11) is 1.46. The fourth-order valence-electron chi connectivity index (χ4n) is 2.77. The molecule has 0 aliphatic heterocycles. The van der Waals surface area contributed by atoms with Crippen LogP contribution in [0.2, 0.25) is 5.02 Å². The predicted molar refractivity (Wildman–Crippen MR) is 114 cm³/mol. The molecule has 0 aromatic heterocycles. The van der Waals surface area contributed by atoms with Gasteiger partial charge < -0.3 is 14.2 Å². The third kappa shape index (κ3) is 5.51. The van der Waals surface area contributed by atoms with Gasteiger partial charge in [0.1, 0.15) is 0 Å². The van der Waals surface area contributed by atoms with E-state index >= 15 is 0 Å². The van der Waals surface area contributed by atoms with Crippen LogP contribution < -0.4 is 9.47 Å². The summed E-state index contributed by atoms with van der Waals surface area (Å²) in [5.41, 5.74) is 1.78. The van der Waals surface area contributed by atoms with Crippen LogP contribution in [0.1, 0.15) is 60.9 Å². The molecule has 5 nitrogen and oxygen atoms in total. The lowest BCUT2D eigenvalue weighted by Gasteiger charge is -2.19. The first kappa shape index (κ1) is 22.8. The lowest BCUT2D eigenvalue weighted by Crippen LogP contribution is -2.24. The van der Waals surface area contributed by atoms with Crippen LogP contribution in [-0.2, 0) is 10.2 Å². The summed E-state index contributed by atoms with van der Waals surface area (Å²) in [5, 5.41) is 0.231. The average molecular weight is 419 g/mol. The number of hydrogen-bond acceptors (Lipinski definition) is 5. The number of benzene rings is 2. The summed E-state index contributed by atoms with van der Waals surface area (Å²) in [6.07, 6.45) is -0.945. The molecule has 0 spiro atoms. The van der Waals surface area contributed by atoms with Crippen LogP contribution in [0.15, 0.2) is 36.4 Å². The Morgan fingerprint density at radius 2 is 1.69 bits per heavy atom. The molecular weight excluding hydrogens is 392 g/mol. The number of carbonyl (C=O) groups excluding carboxylic acids is 2. The number of esters is 1. The van der Waals surface area contributed by atoms with Gasteiger partial charge >= 0.3 is 5.97 Å². The Morgan fingerprint density at radius 3 is 2.21 bits per heavy atom. The van der Waals surface area contributed by atoms with Crippen LogP contribution in [0.3, 0.4) is 0 Å². The number of ether oxygens (including phenoxy) is 3. The molecule has 156 valence electrons. The number of methoxy groups -OCH3 is 1. The minimum Gasteiger partial charge on any atom is -0.493 e. The number of ketones is 1. The molecule has 0 saturated heterocycles. The Labute approximate surface area is 176 Å². The third-order valence-electron chi connectivity index (χ3n) is 4.44. The predicted octanol–water partition coefficient (Wildman–Crippen LogP) is 5.47. The maximum atomic E-state index is 12.7. The van der Waals surface area contributed by atoms with Crippen LogP contribution in [0, 0.1) is 0 Å². The van der Waals surface area contributed by atoms with Crippen LogP contribution >= 0.6 is 11.6 Å². The van der Waals surface area contributed by atoms with Crippen molar-refractivity contribution in [1.29, 1.82) is 0 Å². The van der Waals surface area contributed by atoms with E-state index < -0.39 is 12.1 Å². The van der Waals surface area contributed by atoms with Gasteiger partial charge in [-0.1, -0.05) is 56.6 Å². The summed E-state index contributed by atoms with van der Waals surface area (Å²) in [5.74, 6) is -0.262. The molecule has 6 heteroatoms. The normalized spacial score (nSPS) is 12.2. The molecule has 2 aromatic rings. The summed E-state index contributed by atoms with van der Waals surface area (Å²) in [4.78, 5) is 25.2. The van der Waals surface area contributed by atoms with Crippen molar-refractivity contribution in [3.8, 4) is 11.5 Å². The Morgan fingerprint density at radius 1 is 1.07 bits per heavy atom. The molecule has 0 aliphatic rings. The minimum atomic E-state index is -0.945. The van der Waals surface area contributed by atoms with Gasteiger partial charge in [-0.25, -0.2) is 4.79 Å². The highest BCUT2D eigenvalue weighted by atomic mass is 35.5. The third-order valence-corrected chi connectivity index (χ3v) is 4.72. The highest BCUT2D eigenvalue weighted by Crippen LogP contribution is 2.36. The van der Waals surface area contributed by atoms with Gasteiger partial charge in [-0.15, -0.1) is 0 Å². The molecule has 2 rings (SSSR count). The van der Waals surface area contributed by atoms with Crippen LogP contribution in [-0.4, -0.2) is 31.6 Å². The fourth-order valence-corrected chi connectivity index (χ4v) is 3.04. The quantitative estimate of drug-likeness (QED) is 0.440. The van der Waals surface area contributed by atoms with E-state index in [1.54, 1.807) is 19.1 Å². The van der Waals surface area contributed by atoms with E-state index in [0.717, 1.165) is 5.56 Å². The Kier molecular flexibility index (Phi) is 7.31. The van der Waals surface area contributed by atoms with Crippen molar-refractivity contribution in [2.45, 2.75) is 46.1 Å². The zero-order valence-corrected chi connectivity index (χ0v) is 18.4. The van der Waals surface area contributed by atoms with Gasteiger partial charge in [0.05, 0.1) is 24.3 Å². The van der Waals surface area contributed by atoms with Crippen molar-refractivity contribution in [2.24, 2.45) is 0 Å². The molecule has 29 heavy (non-hydrogen) atoms. The summed E-state index contributed by atoms with van der Waals surface area (Å²) in [6.45, 7) is 10.1. The first-order chi connectivity index (χ1) is 13.6. The molecule has 0 fully saturated rings. The number of carbonyl (C=O) groups is 2. The second kappa shape index (κ2) is 9.31. The Hall–Kier alpha value is -2.53. The molecule has 1 atom stereocenters. The van der Waals surface area contributed by atoms with Crippen molar-refractivity contribution in [2.75, 3.05) is 13.7 Å². The molecule has 0 bridgehead atoms. The second-order valence-corrected chi connectivity index (χ2v) is 8.07. The average Bonchev–Trinajstić information content (AvgIpc) is 2.68. The van der Waals surface area contributed by atoms with Crippen LogP contribution in [0.5, 0.6) is 11.5 Å². The fraction of sp³-hybridized carbons (Fsp3) is 0.391. The van der Waals surface area contributed by atoms with Gasteiger partial charge in [-0.2, -0.15) is 0 Å². The summed E-state index contributed by atoms with van der Waals surface area (Å²) >= 11 is 6.20. The molecule has 0 unspecified atom stereocenters. The maximum Gasteiger partial charge on any atom is 0.339 e. The molecule has 0 radical (unpaired) electrons. The Bertz CT molecular complexity index is 881. The number of rotatable bonds is 7. The highest BCUT2D eigenvalue weighted by molar-refractivity contribution is 6.32. The second-order valence-electron chi connectivity index (χ2n) is 7.66. The lowest BCUT2D eigenvalue weighted by molar-refractivity contribution is 0.0318. The van der Waals surface area contributed by atoms with Gasteiger partial charge in [0, 0.05) is 5.56 Å². The zero-order valence-electron chi connectivity index (χ0n) is 17.7. The van der Waals surface area contributed by atoms with E-state index in [9.17, 15) is 9.59 Å². The van der Waals surface area contributed by atoms with Gasteiger partial charge in [0.15, 0.2) is 17.6 Å². The molecule has 0 heterocycles. The largest absolute Gasteiger partial charge is 0.493 e. The van der Waals surface area contributed by atoms with Gasteiger partial charge in [0.25, 0.3) is 0 Å². The molecule has 0 N–H and O–H groups in total. The molecule has 0 amide bonds. The van der Waals surface area contributed by atoms with Gasteiger partial charge in [-0.3, -0.25) is 4.79 Å². The van der Waals surface area contributed by atoms with E-state index in [1.165, 1.54) is 19.2 Å². The van der Waals surface area contributed by atoms with Crippen molar-refractivity contribution < 1.29 is 23.8 Å². The first-order valence-corrected chi connectivity index (χ1v) is 9.82. The summed E-state index contributed by atoms with van der Waals surface area (Å²) < 4.78 is 16.0. The topological polar surface area (TPSA) is 61.8 Å². The van der Waals surface area contributed by atoms with E-state index in [1.807, 2.05) is 19.1 Å². The zero-order chi connectivity index (χ0) is 21.8. The summed E-state index contributed by atoms with van der Waals surface area (Å²) in [6, 6.07) is 10.3.